The molecule has 0 aromatic heterocycles. The molecule has 10 heteroatoms. The van der Waals surface area contributed by atoms with Gasteiger partial charge in [-0.2, -0.15) is 0 Å². The summed E-state index contributed by atoms with van der Waals surface area (Å²) in [5.41, 5.74) is 1.26. The van der Waals surface area contributed by atoms with Crippen molar-refractivity contribution < 1.29 is 19.2 Å². The second-order valence-corrected chi connectivity index (χ2v) is 8.26. The van der Waals surface area contributed by atoms with Crippen LogP contribution in [0.4, 0.5) is 5.69 Å². The lowest BCUT2D eigenvalue weighted by atomic mass is 10.1. The number of hydrogen-bond acceptors (Lipinski definition) is 7. The van der Waals surface area contributed by atoms with Crippen molar-refractivity contribution in [3.63, 3.8) is 0 Å². The number of nitrogens with zero attached hydrogens (tertiary/aromatic N) is 2. The number of amides is 1. The molecule has 1 heterocycles. The van der Waals surface area contributed by atoms with Crippen molar-refractivity contribution in [2.24, 2.45) is 0 Å². The minimum Gasteiger partial charge on any atom is -0.493 e. The highest BCUT2D eigenvalue weighted by Gasteiger charge is 2.30. The Morgan fingerprint density at radius 3 is 2.73 bits per heavy atom. The van der Waals surface area contributed by atoms with Gasteiger partial charge < -0.3 is 9.47 Å². The Morgan fingerprint density at radius 1 is 1.33 bits per heavy atom. The Balaban J connectivity index is 1.84. The smallest absolute Gasteiger partial charge is 0.269 e. The number of carbonyl (C=O) groups excluding carboxylic acids is 1. The van der Waals surface area contributed by atoms with E-state index in [4.69, 9.17) is 33.3 Å². The molecule has 3 rings (SSSR count). The number of halogens is 1. The molecular weight excluding hydrogens is 448 g/mol. The van der Waals surface area contributed by atoms with Crippen LogP contribution in [0.1, 0.15) is 18.1 Å². The summed E-state index contributed by atoms with van der Waals surface area (Å²) in [6.45, 7) is 2.45. The van der Waals surface area contributed by atoms with Crippen molar-refractivity contribution in [3.8, 4) is 11.5 Å². The maximum absolute atomic E-state index is 12.4. The summed E-state index contributed by atoms with van der Waals surface area (Å²) < 4.78 is 11.7. The van der Waals surface area contributed by atoms with Crippen LogP contribution in [0.5, 0.6) is 11.5 Å². The molecule has 1 aliphatic rings. The van der Waals surface area contributed by atoms with Gasteiger partial charge in [0.1, 0.15) is 10.9 Å². The van der Waals surface area contributed by atoms with Crippen molar-refractivity contribution >= 4 is 57.6 Å². The van der Waals surface area contributed by atoms with E-state index in [2.05, 4.69) is 0 Å². The van der Waals surface area contributed by atoms with Gasteiger partial charge in [-0.15, -0.1) is 0 Å². The molecule has 1 saturated heterocycles. The van der Waals surface area contributed by atoms with Gasteiger partial charge in [-0.1, -0.05) is 47.7 Å². The van der Waals surface area contributed by atoms with Crippen molar-refractivity contribution in [1.82, 2.24) is 4.90 Å². The van der Waals surface area contributed by atoms with E-state index in [9.17, 15) is 14.9 Å². The number of thioether (sulfide) groups is 1. The van der Waals surface area contributed by atoms with Crippen molar-refractivity contribution in [2.45, 2.75) is 13.5 Å². The van der Waals surface area contributed by atoms with Crippen LogP contribution in [-0.4, -0.2) is 33.7 Å². The quantitative estimate of drug-likeness (QED) is 0.245. The summed E-state index contributed by atoms with van der Waals surface area (Å²) >= 11 is 12.9. The van der Waals surface area contributed by atoms with Gasteiger partial charge in [0.15, 0.2) is 11.5 Å². The Hall–Kier alpha value is -2.62. The van der Waals surface area contributed by atoms with Gasteiger partial charge in [0.25, 0.3) is 11.6 Å². The molecule has 0 aliphatic carbocycles. The number of carbonyl (C=O) groups is 1. The highest BCUT2D eigenvalue weighted by molar-refractivity contribution is 8.26. The lowest BCUT2D eigenvalue weighted by Crippen LogP contribution is -2.27. The summed E-state index contributed by atoms with van der Waals surface area (Å²) in [6, 6.07) is 9.51. The van der Waals surface area contributed by atoms with E-state index in [1.54, 1.807) is 30.3 Å². The van der Waals surface area contributed by atoms with E-state index in [-0.39, 0.29) is 23.2 Å². The topological polar surface area (TPSA) is 81.9 Å². The number of thiocarbonyl (C=S) groups is 1. The predicted molar refractivity (Wildman–Crippen MR) is 121 cm³/mol. The first-order valence-electron chi connectivity index (χ1n) is 8.83. The van der Waals surface area contributed by atoms with Gasteiger partial charge in [0, 0.05) is 18.7 Å². The molecule has 2 aromatic rings. The first kappa shape index (κ1) is 22.1. The molecular formula is C20H17ClN2O5S2. The fraction of sp³-hybridized carbons (Fsp3) is 0.200. The molecule has 0 N–H and O–H groups in total. The van der Waals surface area contributed by atoms with Crippen molar-refractivity contribution in [2.75, 3.05) is 13.7 Å². The SMILES string of the molecule is CCN1C(=O)C(=Cc2cc(Cl)c(OCc3cccc([N+](=O)[O-])c3)c(OC)c2)SC1=S. The molecule has 30 heavy (non-hydrogen) atoms. The maximum atomic E-state index is 12.4. The highest BCUT2D eigenvalue weighted by atomic mass is 35.5. The third kappa shape index (κ3) is 4.75. The summed E-state index contributed by atoms with van der Waals surface area (Å²) in [6.07, 6.45) is 1.70. The summed E-state index contributed by atoms with van der Waals surface area (Å²) in [4.78, 5) is 24.9. The van der Waals surface area contributed by atoms with Gasteiger partial charge in [-0.3, -0.25) is 19.8 Å². The minimum absolute atomic E-state index is 0.0195. The summed E-state index contributed by atoms with van der Waals surface area (Å²) in [5, 5.41) is 11.2. The minimum atomic E-state index is -0.465. The van der Waals surface area contributed by atoms with E-state index in [1.807, 2.05) is 6.92 Å². The zero-order valence-corrected chi connectivity index (χ0v) is 18.5. The number of hydrogen-bond donors (Lipinski definition) is 0. The zero-order valence-electron chi connectivity index (χ0n) is 16.1. The van der Waals surface area contributed by atoms with Gasteiger partial charge in [0.2, 0.25) is 0 Å². The molecule has 1 fully saturated rings. The van der Waals surface area contributed by atoms with E-state index in [0.717, 1.165) is 0 Å². The molecule has 0 unspecified atom stereocenters. The van der Waals surface area contributed by atoms with Crippen LogP contribution >= 0.6 is 35.6 Å². The molecule has 1 aliphatic heterocycles. The number of likely N-dealkylation sites (N-methyl/N-ethyl adjacent to an activating group) is 1. The van der Waals surface area contributed by atoms with E-state index < -0.39 is 4.92 Å². The number of non-ortho nitro benzene ring substituents is 1. The zero-order chi connectivity index (χ0) is 21.8. The standard InChI is InChI=1S/C20H17ClN2O5S2/c1-3-22-19(24)17(30-20(22)29)10-13-8-15(21)18(16(9-13)27-2)28-11-12-5-4-6-14(7-12)23(25)26/h4-10H,3,11H2,1-2H3. The molecule has 0 bridgehead atoms. The van der Waals surface area contributed by atoms with Crippen molar-refractivity contribution in [3.05, 3.63) is 67.6 Å². The fourth-order valence-corrected chi connectivity index (χ4v) is 4.46. The average Bonchev–Trinajstić information content (AvgIpc) is 2.99. The van der Waals surface area contributed by atoms with Gasteiger partial charge in [-0.05, 0) is 36.3 Å². The maximum Gasteiger partial charge on any atom is 0.269 e. The monoisotopic (exact) mass is 464 g/mol. The first-order chi connectivity index (χ1) is 14.3. The van der Waals surface area contributed by atoms with Crippen LogP contribution in [0, 0.1) is 10.1 Å². The number of benzene rings is 2. The van der Waals surface area contributed by atoms with Crippen LogP contribution in [0.15, 0.2) is 41.3 Å². The number of methoxy groups -OCH3 is 1. The molecule has 156 valence electrons. The second kappa shape index (κ2) is 9.46. The first-order valence-corrected chi connectivity index (χ1v) is 10.4. The van der Waals surface area contributed by atoms with Crippen LogP contribution in [-0.2, 0) is 11.4 Å². The van der Waals surface area contributed by atoms with Crippen LogP contribution in [0.2, 0.25) is 5.02 Å². The Bertz CT molecular complexity index is 1060. The third-order valence-corrected chi connectivity index (χ3v) is 5.90. The third-order valence-electron chi connectivity index (χ3n) is 4.24. The Kier molecular flexibility index (Phi) is 6.96. The molecule has 0 saturated carbocycles. The van der Waals surface area contributed by atoms with Crippen LogP contribution < -0.4 is 9.47 Å². The van der Waals surface area contributed by atoms with Gasteiger partial charge in [0.05, 0.1) is 22.0 Å². The average molecular weight is 465 g/mol. The lowest BCUT2D eigenvalue weighted by Gasteiger charge is -2.13. The molecule has 0 radical (unpaired) electrons. The number of nitro benzene ring substituents is 1. The molecule has 0 atom stereocenters. The van der Waals surface area contributed by atoms with Gasteiger partial charge in [-0.25, -0.2) is 0 Å². The van der Waals surface area contributed by atoms with E-state index in [1.165, 1.54) is 35.9 Å². The molecule has 2 aromatic carbocycles. The largest absolute Gasteiger partial charge is 0.493 e. The summed E-state index contributed by atoms with van der Waals surface area (Å²) in [5.74, 6) is 0.544. The molecule has 7 nitrogen and oxygen atoms in total. The predicted octanol–water partition coefficient (Wildman–Crippen LogP) is 5.06. The van der Waals surface area contributed by atoms with Crippen LogP contribution in [0.3, 0.4) is 0 Å². The Labute approximate surface area is 187 Å². The number of nitro groups is 1. The van der Waals surface area contributed by atoms with Crippen molar-refractivity contribution in [1.29, 1.82) is 0 Å². The summed E-state index contributed by atoms with van der Waals surface area (Å²) in [7, 11) is 1.48. The van der Waals surface area contributed by atoms with E-state index >= 15 is 0 Å². The fourth-order valence-electron chi connectivity index (χ4n) is 2.80. The Morgan fingerprint density at radius 2 is 2.10 bits per heavy atom. The number of rotatable bonds is 7. The highest BCUT2D eigenvalue weighted by Crippen LogP contribution is 2.39. The molecule has 0 spiro atoms. The number of ether oxygens (including phenoxy) is 2. The normalized spacial score (nSPS) is 15.0. The van der Waals surface area contributed by atoms with Crippen LogP contribution in [0.25, 0.3) is 6.08 Å². The molecule has 1 amide bonds. The second-order valence-electron chi connectivity index (χ2n) is 6.18. The lowest BCUT2D eigenvalue weighted by molar-refractivity contribution is -0.384. The van der Waals surface area contributed by atoms with Gasteiger partial charge >= 0.3 is 0 Å². The van der Waals surface area contributed by atoms with E-state index in [0.29, 0.717) is 38.4 Å².